The molecule has 12 heavy (non-hydrogen) atoms. The van der Waals surface area contributed by atoms with Crippen molar-refractivity contribution in [3.8, 4) is 0 Å². The number of benzene rings is 1. The molecule has 0 fully saturated rings. The maximum atomic E-state index is 10.8. The van der Waals surface area contributed by atoms with Gasteiger partial charge in [0.1, 0.15) is 0 Å². The predicted octanol–water partition coefficient (Wildman–Crippen LogP) is 3.61. The van der Waals surface area contributed by atoms with E-state index in [0.717, 1.165) is 5.56 Å². The summed E-state index contributed by atoms with van der Waals surface area (Å²) in [6.07, 6.45) is 0. The smallest absolute Gasteiger partial charge is 0.252 e. The van der Waals surface area contributed by atoms with E-state index in [1.807, 2.05) is 0 Å². The maximum Gasteiger partial charge on any atom is 0.252 e. The normalized spacial score (nSPS) is 9.92. The number of carbonyl (C=O) groups is 1. The topological polar surface area (TPSA) is 17.1 Å². The molecule has 64 valence electrons. The molecule has 0 unspecified atom stereocenters. The van der Waals surface area contributed by atoms with Gasteiger partial charge in [-0.05, 0) is 35.4 Å². The van der Waals surface area contributed by atoms with Crippen molar-refractivity contribution in [2.24, 2.45) is 0 Å². The fourth-order valence-corrected chi connectivity index (χ4v) is 1.71. The molecule has 0 heterocycles. The molecule has 0 N–H and O–H groups in total. The van der Waals surface area contributed by atoms with Gasteiger partial charge in [-0.25, -0.2) is 0 Å². The molecule has 0 radical (unpaired) electrons. The summed E-state index contributed by atoms with van der Waals surface area (Å²) in [6, 6.07) is 4.98. The van der Waals surface area contributed by atoms with Crippen molar-refractivity contribution in [1.29, 1.82) is 0 Å². The highest BCUT2D eigenvalue weighted by Gasteiger charge is 2.07. The average Bonchev–Trinajstić information content (AvgIpc) is 2.03. The zero-order valence-corrected chi connectivity index (χ0v) is 9.08. The molecule has 0 bridgehead atoms. The second-order valence-electron chi connectivity index (χ2n) is 2.21. The first-order chi connectivity index (χ1) is 5.65. The summed E-state index contributed by atoms with van der Waals surface area (Å²) in [5, 5.41) is 0.716. The van der Waals surface area contributed by atoms with Crippen molar-refractivity contribution in [2.75, 3.05) is 0 Å². The lowest BCUT2D eigenvalue weighted by atomic mass is 10.1. The quantitative estimate of drug-likeness (QED) is 0.591. The molecule has 0 aliphatic rings. The second-order valence-corrected chi connectivity index (χ2v) is 3.55. The third-order valence-corrected chi connectivity index (χ3v) is 2.47. The summed E-state index contributed by atoms with van der Waals surface area (Å²) in [5.41, 5.74) is 1.31. The highest BCUT2D eigenvalue weighted by atomic mass is 79.9. The van der Waals surface area contributed by atoms with Gasteiger partial charge in [0.25, 0.3) is 5.24 Å². The van der Waals surface area contributed by atoms with Gasteiger partial charge in [-0.3, -0.25) is 4.79 Å². The molecule has 0 amide bonds. The van der Waals surface area contributed by atoms with Crippen LogP contribution in [0.25, 0.3) is 0 Å². The lowest BCUT2D eigenvalue weighted by Gasteiger charge is -2.01. The molecular weight excluding hydrogens is 263 g/mol. The van der Waals surface area contributed by atoms with Crippen molar-refractivity contribution in [2.45, 2.75) is 5.33 Å². The van der Waals surface area contributed by atoms with Crippen LogP contribution in [0.2, 0.25) is 5.02 Å². The minimum Gasteiger partial charge on any atom is -0.276 e. The van der Waals surface area contributed by atoms with Crippen LogP contribution in [0.1, 0.15) is 15.9 Å². The van der Waals surface area contributed by atoms with Crippen LogP contribution in [0, 0.1) is 0 Å². The van der Waals surface area contributed by atoms with Gasteiger partial charge in [0.05, 0.1) is 0 Å². The number of hydrogen-bond donors (Lipinski definition) is 0. The van der Waals surface area contributed by atoms with Crippen molar-refractivity contribution in [1.82, 2.24) is 0 Å². The van der Waals surface area contributed by atoms with E-state index in [1.54, 1.807) is 18.2 Å². The van der Waals surface area contributed by atoms with E-state index in [1.165, 1.54) is 0 Å². The Bertz CT molecular complexity index is 312. The standard InChI is InChI=1S/C8H5BrCl2O/c9-4-5-3-6(10)1-2-7(5)8(11)12/h1-3H,4H2. The number of halogens is 3. The summed E-state index contributed by atoms with van der Waals surface area (Å²) < 4.78 is 0. The van der Waals surface area contributed by atoms with Gasteiger partial charge in [-0.15, -0.1) is 0 Å². The van der Waals surface area contributed by atoms with Crippen LogP contribution in [-0.4, -0.2) is 5.24 Å². The summed E-state index contributed by atoms with van der Waals surface area (Å²) in [6.45, 7) is 0. The molecule has 0 aliphatic heterocycles. The Morgan fingerprint density at radius 1 is 1.50 bits per heavy atom. The van der Waals surface area contributed by atoms with E-state index >= 15 is 0 Å². The summed E-state index contributed by atoms with van der Waals surface area (Å²) in [7, 11) is 0. The fourth-order valence-electron chi connectivity index (χ4n) is 0.865. The molecular formula is C8H5BrCl2O. The fraction of sp³-hybridized carbons (Fsp3) is 0.125. The van der Waals surface area contributed by atoms with Crippen LogP contribution in [0.5, 0.6) is 0 Å². The highest BCUT2D eigenvalue weighted by molar-refractivity contribution is 9.08. The highest BCUT2D eigenvalue weighted by Crippen LogP contribution is 2.19. The summed E-state index contributed by atoms with van der Waals surface area (Å²) in [5.74, 6) is 0. The Balaban J connectivity index is 3.20. The van der Waals surface area contributed by atoms with Crippen molar-refractivity contribution in [3.05, 3.63) is 34.3 Å². The van der Waals surface area contributed by atoms with E-state index < -0.39 is 5.24 Å². The van der Waals surface area contributed by atoms with Crippen LogP contribution in [0.15, 0.2) is 18.2 Å². The minimum absolute atomic E-state index is 0.457. The van der Waals surface area contributed by atoms with Crippen molar-refractivity contribution >= 4 is 44.4 Å². The van der Waals surface area contributed by atoms with Gasteiger partial charge in [0.15, 0.2) is 0 Å². The first-order valence-electron chi connectivity index (χ1n) is 3.19. The molecule has 1 aromatic carbocycles. The van der Waals surface area contributed by atoms with Crippen LogP contribution in [-0.2, 0) is 5.33 Å². The molecule has 0 atom stereocenters. The first-order valence-corrected chi connectivity index (χ1v) is 5.07. The Kier molecular flexibility index (Phi) is 3.56. The Morgan fingerprint density at radius 3 is 2.67 bits per heavy atom. The molecule has 1 nitrogen and oxygen atoms in total. The molecule has 4 heteroatoms. The lowest BCUT2D eigenvalue weighted by Crippen LogP contribution is -1.94. The number of alkyl halides is 1. The molecule has 0 aliphatic carbocycles. The van der Waals surface area contributed by atoms with Crippen LogP contribution < -0.4 is 0 Å². The van der Waals surface area contributed by atoms with Crippen LogP contribution in [0.4, 0.5) is 0 Å². The number of hydrogen-bond acceptors (Lipinski definition) is 1. The number of rotatable bonds is 2. The molecule has 0 aromatic heterocycles. The molecule has 0 spiro atoms. The molecule has 1 rings (SSSR count). The van der Waals surface area contributed by atoms with E-state index in [2.05, 4.69) is 15.9 Å². The van der Waals surface area contributed by atoms with Gasteiger partial charge in [0.2, 0.25) is 0 Å². The second kappa shape index (κ2) is 4.26. The minimum atomic E-state index is -0.457. The van der Waals surface area contributed by atoms with Crippen molar-refractivity contribution < 1.29 is 4.79 Å². The Labute approximate surface area is 88.8 Å². The number of carbonyl (C=O) groups excluding carboxylic acids is 1. The van der Waals surface area contributed by atoms with Gasteiger partial charge in [0, 0.05) is 15.9 Å². The largest absolute Gasteiger partial charge is 0.276 e. The van der Waals surface area contributed by atoms with E-state index in [0.29, 0.717) is 15.9 Å². The zero-order chi connectivity index (χ0) is 9.14. The van der Waals surface area contributed by atoms with E-state index in [-0.39, 0.29) is 0 Å². The third kappa shape index (κ3) is 2.22. The van der Waals surface area contributed by atoms with Gasteiger partial charge in [-0.1, -0.05) is 27.5 Å². The maximum absolute atomic E-state index is 10.8. The summed E-state index contributed by atoms with van der Waals surface area (Å²) in [4.78, 5) is 10.8. The molecule has 1 aromatic rings. The van der Waals surface area contributed by atoms with Gasteiger partial charge < -0.3 is 0 Å². The lowest BCUT2D eigenvalue weighted by molar-refractivity contribution is 0.108. The summed E-state index contributed by atoms with van der Waals surface area (Å²) >= 11 is 14.3. The SMILES string of the molecule is O=C(Cl)c1ccc(Cl)cc1CBr. The monoisotopic (exact) mass is 266 g/mol. The van der Waals surface area contributed by atoms with E-state index in [9.17, 15) is 4.79 Å². The molecule has 0 saturated carbocycles. The van der Waals surface area contributed by atoms with E-state index in [4.69, 9.17) is 23.2 Å². The van der Waals surface area contributed by atoms with Gasteiger partial charge in [-0.2, -0.15) is 0 Å². The van der Waals surface area contributed by atoms with Crippen LogP contribution in [0.3, 0.4) is 0 Å². The van der Waals surface area contributed by atoms with Gasteiger partial charge >= 0.3 is 0 Å². The molecule has 0 saturated heterocycles. The third-order valence-electron chi connectivity index (χ3n) is 1.42. The first kappa shape index (κ1) is 10.0. The average molecular weight is 268 g/mol. The Hall–Kier alpha value is -0.0500. The zero-order valence-electron chi connectivity index (χ0n) is 5.98. The van der Waals surface area contributed by atoms with Crippen molar-refractivity contribution in [3.63, 3.8) is 0 Å². The van der Waals surface area contributed by atoms with Crippen LogP contribution >= 0.6 is 39.1 Å². The predicted molar refractivity (Wildman–Crippen MR) is 54.3 cm³/mol. The Morgan fingerprint density at radius 2 is 2.17 bits per heavy atom.